The fourth-order valence-corrected chi connectivity index (χ4v) is 4.30. The summed E-state index contributed by atoms with van der Waals surface area (Å²) in [5.41, 5.74) is 5.33. The van der Waals surface area contributed by atoms with Crippen LogP contribution in [0, 0.1) is 19.8 Å². The maximum absolute atomic E-state index is 12.6. The summed E-state index contributed by atoms with van der Waals surface area (Å²) in [5.74, 6) is 0.783. The van der Waals surface area contributed by atoms with E-state index in [0.29, 0.717) is 0 Å². The lowest BCUT2D eigenvalue weighted by atomic mass is 9.88. The van der Waals surface area contributed by atoms with Gasteiger partial charge in [0.2, 0.25) is 0 Å². The van der Waals surface area contributed by atoms with E-state index in [2.05, 4.69) is 12.2 Å². The van der Waals surface area contributed by atoms with Gasteiger partial charge in [-0.2, -0.15) is 0 Å². The van der Waals surface area contributed by atoms with Crippen LogP contribution in [0.3, 0.4) is 0 Å². The summed E-state index contributed by atoms with van der Waals surface area (Å²) >= 11 is 1.74. The highest BCUT2D eigenvalue weighted by molar-refractivity contribution is 7.10. The average molecular weight is 299 g/mol. The molecular weight excluding hydrogens is 278 g/mol. The van der Waals surface area contributed by atoms with Gasteiger partial charge in [-0.05, 0) is 55.7 Å². The standard InChI is InChI=1S/C18H21NOS/c1-11-7-8-14-15(10-21-16(14)9-11)18(20)19-17-12(2)5-4-6-13(17)3/h4-6,10-11H,7-9H2,1-3H3,(H,19,20). The molecule has 1 heterocycles. The molecule has 0 aliphatic heterocycles. The Morgan fingerprint density at radius 2 is 2.00 bits per heavy atom. The Morgan fingerprint density at radius 3 is 2.71 bits per heavy atom. The minimum Gasteiger partial charge on any atom is -0.321 e. The number of fused-ring (bicyclic) bond motifs is 1. The van der Waals surface area contributed by atoms with Gasteiger partial charge < -0.3 is 5.32 Å². The first-order valence-corrected chi connectivity index (χ1v) is 8.41. The highest BCUT2D eigenvalue weighted by atomic mass is 32.1. The molecule has 2 nitrogen and oxygen atoms in total. The molecule has 0 saturated heterocycles. The summed E-state index contributed by atoms with van der Waals surface area (Å²) in [5, 5.41) is 5.14. The van der Waals surface area contributed by atoms with Gasteiger partial charge >= 0.3 is 0 Å². The SMILES string of the molecule is Cc1cccc(C)c1NC(=O)c1csc2c1CCC(C)C2. The number of benzene rings is 1. The minimum absolute atomic E-state index is 0.0412. The van der Waals surface area contributed by atoms with E-state index in [0.717, 1.165) is 41.1 Å². The predicted octanol–water partition coefficient (Wildman–Crippen LogP) is 4.74. The fraction of sp³-hybridized carbons (Fsp3) is 0.389. The zero-order valence-corrected chi connectivity index (χ0v) is 13.6. The van der Waals surface area contributed by atoms with E-state index in [1.165, 1.54) is 16.9 Å². The summed E-state index contributed by atoms with van der Waals surface area (Å²) in [4.78, 5) is 14.0. The quantitative estimate of drug-likeness (QED) is 0.852. The molecule has 1 amide bonds. The highest BCUT2D eigenvalue weighted by Gasteiger charge is 2.23. The van der Waals surface area contributed by atoms with Crippen LogP contribution in [0.15, 0.2) is 23.6 Å². The van der Waals surface area contributed by atoms with Gasteiger partial charge in [-0.3, -0.25) is 4.79 Å². The van der Waals surface area contributed by atoms with E-state index in [1.807, 2.05) is 37.4 Å². The number of rotatable bonds is 2. The molecule has 110 valence electrons. The molecule has 1 unspecified atom stereocenters. The van der Waals surface area contributed by atoms with Gasteiger partial charge in [-0.25, -0.2) is 0 Å². The van der Waals surface area contributed by atoms with E-state index in [9.17, 15) is 4.79 Å². The number of aryl methyl sites for hydroxylation is 2. The molecule has 1 aromatic heterocycles. The number of carbonyl (C=O) groups excluding carboxylic acids is 1. The normalized spacial score (nSPS) is 17.4. The molecule has 0 fully saturated rings. The second-order valence-electron chi connectivity index (χ2n) is 6.12. The summed E-state index contributed by atoms with van der Waals surface area (Å²) < 4.78 is 0. The number of para-hydroxylation sites is 1. The van der Waals surface area contributed by atoms with Crippen molar-refractivity contribution in [3.8, 4) is 0 Å². The molecule has 3 heteroatoms. The molecule has 2 aromatic rings. The van der Waals surface area contributed by atoms with Crippen molar-refractivity contribution in [2.24, 2.45) is 5.92 Å². The lowest BCUT2D eigenvalue weighted by Crippen LogP contribution is -2.17. The number of amides is 1. The van der Waals surface area contributed by atoms with E-state index in [-0.39, 0.29) is 5.91 Å². The van der Waals surface area contributed by atoms with Crippen molar-refractivity contribution < 1.29 is 4.79 Å². The smallest absolute Gasteiger partial charge is 0.256 e. The van der Waals surface area contributed by atoms with Crippen molar-refractivity contribution >= 4 is 22.9 Å². The highest BCUT2D eigenvalue weighted by Crippen LogP contribution is 2.33. The first-order valence-electron chi connectivity index (χ1n) is 7.53. The van der Waals surface area contributed by atoms with Crippen LogP contribution in [0.25, 0.3) is 0 Å². The van der Waals surface area contributed by atoms with Crippen molar-refractivity contribution in [1.82, 2.24) is 0 Å². The zero-order chi connectivity index (χ0) is 15.0. The topological polar surface area (TPSA) is 29.1 Å². The third-order valence-corrected chi connectivity index (χ3v) is 5.42. The van der Waals surface area contributed by atoms with Crippen LogP contribution < -0.4 is 5.32 Å². The van der Waals surface area contributed by atoms with Crippen LogP contribution in [0.5, 0.6) is 0 Å². The van der Waals surface area contributed by atoms with Crippen LogP contribution in [0.1, 0.15) is 45.3 Å². The van der Waals surface area contributed by atoms with Crippen molar-refractivity contribution in [3.63, 3.8) is 0 Å². The van der Waals surface area contributed by atoms with Crippen molar-refractivity contribution in [1.29, 1.82) is 0 Å². The number of anilines is 1. The molecule has 0 spiro atoms. The van der Waals surface area contributed by atoms with Crippen LogP contribution in [-0.4, -0.2) is 5.91 Å². The minimum atomic E-state index is 0.0412. The first kappa shape index (κ1) is 14.3. The monoisotopic (exact) mass is 299 g/mol. The Labute approximate surface area is 130 Å². The van der Waals surface area contributed by atoms with Gasteiger partial charge in [-0.1, -0.05) is 25.1 Å². The maximum atomic E-state index is 12.6. The lowest BCUT2D eigenvalue weighted by molar-refractivity contribution is 0.102. The van der Waals surface area contributed by atoms with E-state index < -0.39 is 0 Å². The maximum Gasteiger partial charge on any atom is 0.256 e. The largest absolute Gasteiger partial charge is 0.321 e. The van der Waals surface area contributed by atoms with Gasteiger partial charge in [0.05, 0.1) is 5.56 Å². The molecule has 0 bridgehead atoms. The van der Waals surface area contributed by atoms with Gasteiger partial charge in [0, 0.05) is 15.9 Å². The number of carbonyl (C=O) groups is 1. The number of thiophene rings is 1. The first-order chi connectivity index (χ1) is 10.1. The number of hydrogen-bond donors (Lipinski definition) is 1. The van der Waals surface area contributed by atoms with Crippen molar-refractivity contribution in [2.75, 3.05) is 5.32 Å². The summed E-state index contributed by atoms with van der Waals surface area (Å²) in [6.45, 7) is 6.36. The zero-order valence-electron chi connectivity index (χ0n) is 12.8. The molecule has 1 aliphatic rings. The summed E-state index contributed by atoms with van der Waals surface area (Å²) in [6, 6.07) is 6.09. The van der Waals surface area contributed by atoms with E-state index in [1.54, 1.807) is 11.3 Å². The molecule has 0 radical (unpaired) electrons. The molecule has 1 N–H and O–H groups in total. The lowest BCUT2D eigenvalue weighted by Gasteiger charge is -2.19. The Bertz CT molecular complexity index is 666. The van der Waals surface area contributed by atoms with Crippen LogP contribution in [-0.2, 0) is 12.8 Å². The van der Waals surface area contributed by atoms with Gasteiger partial charge in [0.1, 0.15) is 0 Å². The van der Waals surface area contributed by atoms with E-state index in [4.69, 9.17) is 0 Å². The third kappa shape index (κ3) is 2.75. The second kappa shape index (κ2) is 5.64. The predicted molar refractivity (Wildman–Crippen MR) is 89.4 cm³/mol. The molecule has 1 aliphatic carbocycles. The van der Waals surface area contributed by atoms with Gasteiger partial charge in [0.25, 0.3) is 5.91 Å². The van der Waals surface area contributed by atoms with E-state index >= 15 is 0 Å². The molecular formula is C18H21NOS. The fourth-order valence-electron chi connectivity index (χ4n) is 3.06. The van der Waals surface area contributed by atoms with Gasteiger partial charge in [0.15, 0.2) is 0 Å². The summed E-state index contributed by atoms with van der Waals surface area (Å²) in [7, 11) is 0. The molecule has 3 rings (SSSR count). The third-order valence-electron chi connectivity index (χ3n) is 4.37. The van der Waals surface area contributed by atoms with Crippen LogP contribution >= 0.6 is 11.3 Å². The van der Waals surface area contributed by atoms with Gasteiger partial charge in [-0.15, -0.1) is 11.3 Å². The Hall–Kier alpha value is -1.61. The Kier molecular flexibility index (Phi) is 3.85. The van der Waals surface area contributed by atoms with Crippen LogP contribution in [0.4, 0.5) is 5.69 Å². The molecule has 21 heavy (non-hydrogen) atoms. The van der Waals surface area contributed by atoms with Crippen LogP contribution in [0.2, 0.25) is 0 Å². The molecule has 1 aromatic carbocycles. The Balaban J connectivity index is 1.87. The average Bonchev–Trinajstić information content (AvgIpc) is 2.85. The second-order valence-corrected chi connectivity index (χ2v) is 7.08. The van der Waals surface area contributed by atoms with Crippen molar-refractivity contribution in [3.05, 3.63) is 50.7 Å². The Morgan fingerprint density at radius 1 is 1.29 bits per heavy atom. The molecule has 0 saturated carbocycles. The number of hydrogen-bond acceptors (Lipinski definition) is 2. The number of nitrogens with one attached hydrogen (secondary N) is 1. The molecule has 1 atom stereocenters. The van der Waals surface area contributed by atoms with Crippen molar-refractivity contribution in [2.45, 2.75) is 40.0 Å². The summed E-state index contributed by atoms with van der Waals surface area (Å²) in [6.07, 6.45) is 3.35.